The Bertz CT molecular complexity index is 254. The van der Waals surface area contributed by atoms with Gasteiger partial charge >= 0.3 is 5.97 Å². The van der Waals surface area contributed by atoms with E-state index in [-0.39, 0.29) is 18.1 Å². The molecule has 0 saturated heterocycles. The standard InChI is InChI=1S/C10H17NO4/c11-8(10(14)15)3-1-2-6-4-7(12)5-9(6)13/h6-8,12H,1-5,11H2,(H,14,15). The van der Waals surface area contributed by atoms with E-state index >= 15 is 0 Å². The van der Waals surface area contributed by atoms with Crippen LogP contribution in [0.2, 0.25) is 0 Å². The van der Waals surface area contributed by atoms with Crippen LogP contribution in [0.25, 0.3) is 0 Å². The molecule has 3 unspecified atom stereocenters. The highest BCUT2D eigenvalue weighted by Gasteiger charge is 2.30. The summed E-state index contributed by atoms with van der Waals surface area (Å²) in [5.41, 5.74) is 5.33. The smallest absolute Gasteiger partial charge is 0.320 e. The van der Waals surface area contributed by atoms with Crippen molar-refractivity contribution in [1.82, 2.24) is 0 Å². The van der Waals surface area contributed by atoms with Gasteiger partial charge in [0.05, 0.1) is 6.10 Å². The summed E-state index contributed by atoms with van der Waals surface area (Å²) in [5.74, 6) is -1.01. The van der Waals surface area contributed by atoms with Crippen LogP contribution in [-0.2, 0) is 9.59 Å². The number of aliphatic hydroxyl groups excluding tert-OH is 1. The van der Waals surface area contributed by atoms with Gasteiger partial charge in [0.2, 0.25) is 0 Å². The van der Waals surface area contributed by atoms with Gasteiger partial charge in [-0.1, -0.05) is 6.42 Å². The monoisotopic (exact) mass is 215 g/mol. The summed E-state index contributed by atoms with van der Waals surface area (Å²) < 4.78 is 0. The van der Waals surface area contributed by atoms with Gasteiger partial charge in [-0.3, -0.25) is 9.59 Å². The van der Waals surface area contributed by atoms with E-state index in [1.165, 1.54) is 0 Å². The fourth-order valence-corrected chi connectivity index (χ4v) is 1.93. The molecule has 1 saturated carbocycles. The van der Waals surface area contributed by atoms with Crippen LogP contribution in [0.4, 0.5) is 0 Å². The van der Waals surface area contributed by atoms with Crippen molar-refractivity contribution in [1.29, 1.82) is 0 Å². The Morgan fingerprint density at radius 3 is 2.73 bits per heavy atom. The molecular formula is C10H17NO4. The molecule has 15 heavy (non-hydrogen) atoms. The van der Waals surface area contributed by atoms with Gasteiger partial charge in [0.25, 0.3) is 0 Å². The van der Waals surface area contributed by atoms with Gasteiger partial charge in [-0.25, -0.2) is 0 Å². The van der Waals surface area contributed by atoms with Crippen molar-refractivity contribution in [3.8, 4) is 0 Å². The average molecular weight is 215 g/mol. The third kappa shape index (κ3) is 3.60. The Morgan fingerprint density at radius 1 is 1.60 bits per heavy atom. The second kappa shape index (κ2) is 5.23. The third-order valence-electron chi connectivity index (χ3n) is 2.83. The Hall–Kier alpha value is -0.940. The summed E-state index contributed by atoms with van der Waals surface area (Å²) in [6.07, 6.45) is 1.90. The van der Waals surface area contributed by atoms with Crippen molar-refractivity contribution < 1.29 is 19.8 Å². The maximum Gasteiger partial charge on any atom is 0.320 e. The summed E-state index contributed by atoms with van der Waals surface area (Å²) in [4.78, 5) is 21.7. The van der Waals surface area contributed by atoms with E-state index in [4.69, 9.17) is 10.8 Å². The number of hydrogen-bond acceptors (Lipinski definition) is 4. The molecule has 0 aliphatic heterocycles. The van der Waals surface area contributed by atoms with Gasteiger partial charge in [-0.15, -0.1) is 0 Å². The number of carbonyl (C=O) groups excluding carboxylic acids is 1. The lowest BCUT2D eigenvalue weighted by atomic mass is 9.98. The number of ketones is 1. The number of aliphatic carboxylic acids is 1. The number of nitrogens with two attached hydrogens (primary N) is 1. The molecule has 0 radical (unpaired) electrons. The third-order valence-corrected chi connectivity index (χ3v) is 2.83. The topological polar surface area (TPSA) is 101 Å². The lowest BCUT2D eigenvalue weighted by molar-refractivity contribution is -0.138. The first-order valence-electron chi connectivity index (χ1n) is 5.20. The van der Waals surface area contributed by atoms with Crippen LogP contribution < -0.4 is 5.73 Å². The first-order valence-corrected chi connectivity index (χ1v) is 5.20. The first-order chi connectivity index (χ1) is 7.00. The largest absolute Gasteiger partial charge is 0.480 e. The van der Waals surface area contributed by atoms with Crippen molar-refractivity contribution in [2.24, 2.45) is 11.7 Å². The molecule has 0 spiro atoms. The Balaban J connectivity index is 2.21. The predicted octanol–water partition coefficient (Wildman–Crippen LogP) is -0.0914. The molecule has 3 atom stereocenters. The normalized spacial score (nSPS) is 28.0. The van der Waals surface area contributed by atoms with E-state index in [2.05, 4.69) is 0 Å². The zero-order chi connectivity index (χ0) is 11.4. The number of carboxylic acid groups (broad SMARTS) is 1. The van der Waals surface area contributed by atoms with E-state index in [0.717, 1.165) is 0 Å². The van der Waals surface area contributed by atoms with Gasteiger partial charge < -0.3 is 15.9 Å². The van der Waals surface area contributed by atoms with E-state index in [9.17, 15) is 14.7 Å². The molecule has 0 bridgehead atoms. The maximum atomic E-state index is 11.3. The minimum atomic E-state index is -1.01. The summed E-state index contributed by atoms with van der Waals surface area (Å²) in [7, 11) is 0. The molecular weight excluding hydrogens is 198 g/mol. The van der Waals surface area contributed by atoms with Crippen LogP contribution in [0, 0.1) is 5.92 Å². The Morgan fingerprint density at radius 2 is 2.27 bits per heavy atom. The molecule has 0 amide bonds. The van der Waals surface area contributed by atoms with E-state index in [1.54, 1.807) is 0 Å². The fourth-order valence-electron chi connectivity index (χ4n) is 1.93. The lowest BCUT2D eigenvalue weighted by Crippen LogP contribution is -2.30. The molecule has 86 valence electrons. The summed E-state index contributed by atoms with van der Waals surface area (Å²) in [6.45, 7) is 0. The molecule has 4 N–H and O–H groups in total. The van der Waals surface area contributed by atoms with Gasteiger partial charge in [0.1, 0.15) is 11.8 Å². The molecule has 1 aliphatic carbocycles. The van der Waals surface area contributed by atoms with Gasteiger partial charge in [0, 0.05) is 12.3 Å². The number of aliphatic hydroxyl groups is 1. The summed E-state index contributed by atoms with van der Waals surface area (Å²) in [5, 5.41) is 17.8. The molecule has 0 aromatic heterocycles. The SMILES string of the molecule is NC(CCCC1CC(O)CC1=O)C(=O)O. The molecule has 5 nitrogen and oxygen atoms in total. The highest BCUT2D eigenvalue weighted by Crippen LogP contribution is 2.26. The molecule has 1 rings (SSSR count). The van der Waals surface area contributed by atoms with E-state index in [1.807, 2.05) is 0 Å². The van der Waals surface area contributed by atoms with E-state index < -0.39 is 18.1 Å². The number of Topliss-reactive ketones (excluding diaryl/α,β-unsaturated/α-hetero) is 1. The van der Waals surface area contributed by atoms with Crippen LogP contribution >= 0.6 is 0 Å². The van der Waals surface area contributed by atoms with Gasteiger partial charge in [-0.2, -0.15) is 0 Å². The molecule has 0 heterocycles. The lowest BCUT2D eigenvalue weighted by Gasteiger charge is -2.09. The van der Waals surface area contributed by atoms with Crippen LogP contribution in [-0.4, -0.2) is 34.1 Å². The second-order valence-corrected chi connectivity index (χ2v) is 4.13. The van der Waals surface area contributed by atoms with Gasteiger partial charge in [0.15, 0.2) is 0 Å². The van der Waals surface area contributed by atoms with Crippen LogP contribution in [0.3, 0.4) is 0 Å². The van der Waals surface area contributed by atoms with Crippen molar-refractivity contribution >= 4 is 11.8 Å². The summed E-state index contributed by atoms with van der Waals surface area (Å²) in [6, 6.07) is -0.841. The Kier molecular flexibility index (Phi) is 4.23. The number of carbonyl (C=O) groups is 2. The molecule has 0 aromatic carbocycles. The Labute approximate surface area is 88.3 Å². The molecule has 1 aliphatic rings. The van der Waals surface area contributed by atoms with Crippen LogP contribution in [0.15, 0.2) is 0 Å². The number of carboxylic acids is 1. The van der Waals surface area contributed by atoms with Crippen molar-refractivity contribution in [2.75, 3.05) is 0 Å². The van der Waals surface area contributed by atoms with Crippen molar-refractivity contribution in [3.63, 3.8) is 0 Å². The molecule has 0 aromatic rings. The second-order valence-electron chi connectivity index (χ2n) is 4.13. The van der Waals surface area contributed by atoms with Gasteiger partial charge in [-0.05, 0) is 19.3 Å². The molecule has 1 fully saturated rings. The van der Waals surface area contributed by atoms with Crippen LogP contribution in [0.5, 0.6) is 0 Å². The average Bonchev–Trinajstić information content (AvgIpc) is 2.45. The zero-order valence-electron chi connectivity index (χ0n) is 8.56. The zero-order valence-corrected chi connectivity index (χ0v) is 8.56. The minimum Gasteiger partial charge on any atom is -0.480 e. The maximum absolute atomic E-state index is 11.3. The minimum absolute atomic E-state index is 0.0893. The van der Waals surface area contributed by atoms with Crippen molar-refractivity contribution in [3.05, 3.63) is 0 Å². The number of hydrogen-bond donors (Lipinski definition) is 3. The summed E-state index contributed by atoms with van der Waals surface area (Å²) >= 11 is 0. The molecule has 5 heteroatoms. The highest BCUT2D eigenvalue weighted by atomic mass is 16.4. The van der Waals surface area contributed by atoms with Crippen LogP contribution in [0.1, 0.15) is 32.1 Å². The highest BCUT2D eigenvalue weighted by molar-refractivity contribution is 5.83. The number of rotatable bonds is 5. The van der Waals surface area contributed by atoms with Crippen molar-refractivity contribution in [2.45, 2.75) is 44.2 Å². The fraction of sp³-hybridized carbons (Fsp3) is 0.800. The quantitative estimate of drug-likeness (QED) is 0.595. The predicted molar refractivity (Wildman–Crippen MR) is 53.2 cm³/mol. The first kappa shape index (κ1) is 12.1. The van der Waals surface area contributed by atoms with E-state index in [0.29, 0.717) is 25.7 Å².